The molecule has 0 unspecified atom stereocenters. The smallest absolute Gasteiger partial charge is 0.416 e. The van der Waals surface area contributed by atoms with Crippen LogP contribution in [-0.2, 0) is 17.3 Å². The molecule has 0 saturated carbocycles. The van der Waals surface area contributed by atoms with E-state index in [-0.39, 0.29) is 5.69 Å². The fourth-order valence-electron chi connectivity index (χ4n) is 2.87. The van der Waals surface area contributed by atoms with Crippen LogP contribution in [0.2, 0.25) is 0 Å². The minimum absolute atomic E-state index is 0.0892. The highest BCUT2D eigenvalue weighted by Crippen LogP contribution is 2.34. The highest BCUT2D eigenvalue weighted by atomic mass is 19.4. The zero-order valence-corrected chi connectivity index (χ0v) is 15.4. The second-order valence-corrected chi connectivity index (χ2v) is 6.21. The summed E-state index contributed by atoms with van der Waals surface area (Å²) in [5, 5.41) is 0. The number of halogens is 3. The number of carbonyl (C=O) groups is 1. The van der Waals surface area contributed by atoms with Crippen molar-refractivity contribution in [3.05, 3.63) is 77.5 Å². The van der Waals surface area contributed by atoms with Crippen LogP contribution in [0, 0.1) is 0 Å². The molecule has 0 radical (unpaired) electrons. The molecule has 0 aliphatic carbocycles. The fraction of sp³-hybridized carbons (Fsp3) is 0.182. The van der Waals surface area contributed by atoms with Gasteiger partial charge >= 0.3 is 12.1 Å². The van der Waals surface area contributed by atoms with Gasteiger partial charge in [-0.3, -0.25) is 0 Å². The monoisotopic (exact) mass is 385 g/mol. The van der Waals surface area contributed by atoms with Crippen molar-refractivity contribution in [2.24, 2.45) is 0 Å². The molecule has 0 amide bonds. The molecule has 3 nitrogen and oxygen atoms in total. The number of benzene rings is 2. The third-order valence-electron chi connectivity index (χ3n) is 4.45. The number of esters is 1. The number of nitrogens with zero attached hydrogens (tertiary/aromatic N) is 1. The number of rotatable bonds is 4. The zero-order chi connectivity index (χ0) is 20.3. The molecule has 0 N–H and O–H groups in total. The molecule has 144 valence electrons. The van der Waals surface area contributed by atoms with Crippen LogP contribution in [0.5, 0.6) is 0 Å². The Morgan fingerprint density at radius 2 is 1.54 bits per heavy atom. The lowest BCUT2D eigenvalue weighted by molar-refractivity contribution is -0.137. The number of methoxy groups -OCH3 is 1. The van der Waals surface area contributed by atoms with Crippen LogP contribution >= 0.6 is 0 Å². The summed E-state index contributed by atoms with van der Waals surface area (Å²) in [6.45, 7) is 2.05. The summed E-state index contributed by atoms with van der Waals surface area (Å²) in [5.74, 6) is -0.610. The van der Waals surface area contributed by atoms with Gasteiger partial charge < -0.3 is 4.74 Å². The van der Waals surface area contributed by atoms with Crippen molar-refractivity contribution in [3.63, 3.8) is 0 Å². The Bertz CT molecular complexity index is 978. The van der Waals surface area contributed by atoms with E-state index in [4.69, 9.17) is 4.74 Å². The second-order valence-electron chi connectivity index (χ2n) is 6.21. The first-order valence-corrected chi connectivity index (χ1v) is 8.69. The number of aromatic nitrogens is 1. The van der Waals surface area contributed by atoms with Gasteiger partial charge in [0.1, 0.15) is 5.69 Å². The number of alkyl halides is 3. The highest BCUT2D eigenvalue weighted by Gasteiger charge is 2.30. The van der Waals surface area contributed by atoms with Crippen molar-refractivity contribution in [2.75, 3.05) is 7.11 Å². The lowest BCUT2D eigenvalue weighted by atomic mass is 9.97. The van der Waals surface area contributed by atoms with E-state index in [1.807, 2.05) is 24.3 Å². The van der Waals surface area contributed by atoms with E-state index in [0.717, 1.165) is 29.7 Å². The summed E-state index contributed by atoms with van der Waals surface area (Å²) in [7, 11) is 1.25. The Labute approximate surface area is 160 Å². The molecule has 1 aromatic heterocycles. The Morgan fingerprint density at radius 1 is 0.929 bits per heavy atom. The number of aryl methyl sites for hydroxylation is 1. The molecule has 0 atom stereocenters. The van der Waals surface area contributed by atoms with Crippen LogP contribution < -0.4 is 0 Å². The van der Waals surface area contributed by atoms with Gasteiger partial charge in [0.2, 0.25) is 0 Å². The van der Waals surface area contributed by atoms with Gasteiger partial charge in [-0.15, -0.1) is 0 Å². The van der Waals surface area contributed by atoms with Crippen molar-refractivity contribution < 1.29 is 22.7 Å². The number of pyridine rings is 1. The van der Waals surface area contributed by atoms with Crippen molar-refractivity contribution in [1.29, 1.82) is 0 Å². The predicted octanol–water partition coefficient (Wildman–Crippen LogP) is 5.78. The average molecular weight is 385 g/mol. The van der Waals surface area contributed by atoms with E-state index in [1.54, 1.807) is 12.1 Å². The van der Waals surface area contributed by atoms with E-state index in [9.17, 15) is 18.0 Å². The van der Waals surface area contributed by atoms with Gasteiger partial charge in [-0.1, -0.05) is 43.3 Å². The maximum absolute atomic E-state index is 12.9. The first kappa shape index (κ1) is 19.6. The molecule has 0 aliphatic rings. The normalized spacial score (nSPS) is 11.3. The average Bonchev–Trinajstić information content (AvgIpc) is 2.72. The largest absolute Gasteiger partial charge is 0.464 e. The number of carbonyl (C=O) groups excluding carboxylic acids is 1. The van der Waals surface area contributed by atoms with Crippen molar-refractivity contribution >= 4 is 5.97 Å². The van der Waals surface area contributed by atoms with E-state index in [1.165, 1.54) is 24.8 Å². The Kier molecular flexibility index (Phi) is 5.49. The maximum atomic E-state index is 12.9. The van der Waals surface area contributed by atoms with Crippen LogP contribution in [0.25, 0.3) is 22.4 Å². The predicted molar refractivity (Wildman–Crippen MR) is 101 cm³/mol. The van der Waals surface area contributed by atoms with E-state index in [0.29, 0.717) is 11.3 Å². The van der Waals surface area contributed by atoms with Crippen molar-refractivity contribution in [3.8, 4) is 22.4 Å². The number of hydrogen-bond acceptors (Lipinski definition) is 3. The SMILES string of the molecule is CCc1ccc(-c2ccc(C(=O)OC)nc2-c2ccc(C(F)(F)F)cc2)cc1. The van der Waals surface area contributed by atoms with Crippen LogP contribution in [0.3, 0.4) is 0 Å². The van der Waals surface area contributed by atoms with Crippen molar-refractivity contribution in [2.45, 2.75) is 19.5 Å². The number of hydrogen-bond donors (Lipinski definition) is 0. The second kappa shape index (κ2) is 7.84. The lowest BCUT2D eigenvalue weighted by Crippen LogP contribution is -2.06. The first-order chi connectivity index (χ1) is 13.3. The van der Waals surface area contributed by atoms with E-state index < -0.39 is 17.7 Å². The first-order valence-electron chi connectivity index (χ1n) is 8.69. The summed E-state index contributed by atoms with van der Waals surface area (Å²) in [6.07, 6.45) is -3.52. The summed E-state index contributed by atoms with van der Waals surface area (Å²) in [5.41, 5.74) is 2.99. The molecule has 3 aromatic rings. The molecule has 28 heavy (non-hydrogen) atoms. The highest BCUT2D eigenvalue weighted by molar-refractivity contribution is 5.90. The van der Waals surface area contributed by atoms with Gasteiger partial charge in [0.15, 0.2) is 0 Å². The van der Waals surface area contributed by atoms with Gasteiger partial charge in [0.25, 0.3) is 0 Å². The Hall–Kier alpha value is -3.15. The zero-order valence-electron chi connectivity index (χ0n) is 15.4. The quantitative estimate of drug-likeness (QED) is 0.534. The molecule has 0 aliphatic heterocycles. The molecule has 0 spiro atoms. The summed E-state index contributed by atoms with van der Waals surface area (Å²) >= 11 is 0. The molecule has 2 aromatic carbocycles. The number of ether oxygens (including phenoxy) is 1. The van der Waals surface area contributed by atoms with E-state index in [2.05, 4.69) is 11.9 Å². The van der Waals surface area contributed by atoms with Gasteiger partial charge in [0, 0.05) is 11.1 Å². The maximum Gasteiger partial charge on any atom is 0.416 e. The Balaban J connectivity index is 2.13. The van der Waals surface area contributed by atoms with Gasteiger partial charge in [-0.25, -0.2) is 9.78 Å². The summed E-state index contributed by atoms with van der Waals surface area (Å²) in [6, 6.07) is 15.8. The lowest BCUT2D eigenvalue weighted by Gasteiger charge is -2.13. The van der Waals surface area contributed by atoms with Gasteiger partial charge in [-0.05, 0) is 41.8 Å². The Morgan fingerprint density at radius 3 is 2.07 bits per heavy atom. The molecule has 6 heteroatoms. The van der Waals surface area contributed by atoms with Crippen molar-refractivity contribution in [1.82, 2.24) is 4.98 Å². The third kappa shape index (κ3) is 4.06. The molecular formula is C22H18F3NO2. The molecular weight excluding hydrogens is 367 g/mol. The molecule has 1 heterocycles. The minimum Gasteiger partial charge on any atom is -0.464 e. The molecule has 3 rings (SSSR count). The summed E-state index contributed by atoms with van der Waals surface area (Å²) in [4.78, 5) is 16.2. The molecule has 0 saturated heterocycles. The summed E-state index contributed by atoms with van der Waals surface area (Å²) < 4.78 is 43.3. The van der Waals surface area contributed by atoms with Gasteiger partial charge in [0.05, 0.1) is 18.4 Å². The molecule has 0 fully saturated rings. The van der Waals surface area contributed by atoms with Crippen LogP contribution in [0.15, 0.2) is 60.7 Å². The van der Waals surface area contributed by atoms with E-state index >= 15 is 0 Å². The molecule has 0 bridgehead atoms. The van der Waals surface area contributed by atoms with Crippen LogP contribution in [0.1, 0.15) is 28.5 Å². The topological polar surface area (TPSA) is 39.2 Å². The fourth-order valence-corrected chi connectivity index (χ4v) is 2.87. The standard InChI is InChI=1S/C22H18F3NO2/c1-3-14-4-6-15(7-5-14)18-12-13-19(21(27)28-2)26-20(18)16-8-10-17(11-9-16)22(23,24)25/h4-13H,3H2,1-2H3. The van der Waals surface area contributed by atoms with Crippen LogP contribution in [-0.4, -0.2) is 18.1 Å². The van der Waals surface area contributed by atoms with Gasteiger partial charge in [-0.2, -0.15) is 13.2 Å². The van der Waals surface area contributed by atoms with Crippen LogP contribution in [0.4, 0.5) is 13.2 Å². The third-order valence-corrected chi connectivity index (χ3v) is 4.45. The minimum atomic E-state index is -4.42.